The normalized spacial score (nSPS) is 25.9. The maximum Gasteiger partial charge on any atom is 0.490 e. The molecule has 0 spiro atoms. The highest BCUT2D eigenvalue weighted by molar-refractivity contribution is 7.66. The number of rotatable bonds is 13. The number of H-pyrrole nitrogens is 1. The lowest BCUT2D eigenvalue weighted by Gasteiger charge is -2.19. The van der Waals surface area contributed by atoms with Gasteiger partial charge in [-0.2, -0.15) is 8.62 Å². The molecule has 21 heteroatoms. The van der Waals surface area contributed by atoms with E-state index in [-0.39, 0.29) is 12.1 Å². The zero-order valence-corrected chi connectivity index (χ0v) is 21.3. The van der Waals surface area contributed by atoms with Gasteiger partial charge in [-0.25, -0.2) is 18.5 Å². The number of nitrogens with one attached hydrogen (secondary N) is 2. The van der Waals surface area contributed by atoms with Crippen molar-refractivity contribution in [1.29, 1.82) is 0 Å². The van der Waals surface area contributed by atoms with E-state index >= 15 is 0 Å². The lowest BCUT2D eigenvalue weighted by molar-refractivity contribution is -0.0543. The van der Waals surface area contributed by atoms with Crippen LogP contribution in [0.25, 0.3) is 0 Å². The molecule has 1 aromatic rings. The summed E-state index contributed by atoms with van der Waals surface area (Å²) in [5.74, 6) is 0. The third-order valence-electron chi connectivity index (χ3n) is 4.51. The highest BCUT2D eigenvalue weighted by Gasteiger charge is 2.46. The highest BCUT2D eigenvalue weighted by Crippen LogP contribution is 2.66. The number of hydrogen-bond donors (Lipinski definition) is 8. The first kappa shape index (κ1) is 30.9. The van der Waals surface area contributed by atoms with Crippen LogP contribution >= 0.6 is 23.5 Å². The minimum Gasteiger partial charge on any atom is -0.387 e. The van der Waals surface area contributed by atoms with Crippen molar-refractivity contribution in [3.8, 4) is 0 Å². The standard InChI is InChI=1S/C15H26N3O15P3/c1-8(2)3-4-16-5-9-6-18(15(22)17-13(9)21)14-12(20)11(19)10(31-14)7-30-35(26,27)33-36(28,29)32-34(23,24)25/h6,10-12,14,16,19-20H,1,3-5,7H2,2H3,(H,26,27)(H,28,29)(H,17,21,22)(H2,23,24,25)/t10-,11-,12-,14-/m1/s1. The fraction of sp³-hybridized carbons (Fsp3) is 0.600. The number of aliphatic hydroxyl groups excluding tert-OH is 2. The number of phosphoric acid groups is 3. The van der Waals surface area contributed by atoms with Crippen molar-refractivity contribution in [1.82, 2.24) is 14.9 Å². The number of phosphoric ester groups is 1. The maximum absolute atomic E-state index is 12.3. The molecule has 0 amide bonds. The van der Waals surface area contributed by atoms with Crippen LogP contribution < -0.4 is 16.6 Å². The fourth-order valence-electron chi connectivity index (χ4n) is 2.93. The van der Waals surface area contributed by atoms with Crippen molar-refractivity contribution in [2.45, 2.75) is 44.4 Å². The van der Waals surface area contributed by atoms with Crippen molar-refractivity contribution in [2.24, 2.45) is 0 Å². The summed E-state index contributed by atoms with van der Waals surface area (Å²) in [7, 11) is -16.9. The Labute approximate surface area is 202 Å². The van der Waals surface area contributed by atoms with Crippen LogP contribution in [0.3, 0.4) is 0 Å². The molecule has 1 aliphatic rings. The van der Waals surface area contributed by atoms with Crippen molar-refractivity contribution < 1.29 is 61.4 Å². The first-order chi connectivity index (χ1) is 16.4. The molecule has 6 atom stereocenters. The predicted octanol–water partition coefficient (Wildman–Crippen LogP) is -1.45. The van der Waals surface area contributed by atoms with Crippen LogP contribution in [0.4, 0.5) is 0 Å². The van der Waals surface area contributed by atoms with Crippen LogP contribution in [0.1, 0.15) is 25.1 Å². The Kier molecular flexibility index (Phi) is 10.3. The van der Waals surface area contributed by atoms with Crippen LogP contribution in [0.2, 0.25) is 0 Å². The lowest BCUT2D eigenvalue weighted by atomic mass is 10.1. The van der Waals surface area contributed by atoms with Crippen LogP contribution in [0, 0.1) is 0 Å². The molecule has 0 saturated carbocycles. The van der Waals surface area contributed by atoms with E-state index in [9.17, 15) is 38.4 Å². The molecule has 0 radical (unpaired) electrons. The van der Waals surface area contributed by atoms with Crippen LogP contribution in [-0.2, 0) is 38.1 Å². The molecule has 2 heterocycles. The fourth-order valence-corrected chi connectivity index (χ4v) is 5.96. The molecule has 1 aliphatic heterocycles. The highest BCUT2D eigenvalue weighted by atomic mass is 31.3. The van der Waals surface area contributed by atoms with Crippen molar-refractivity contribution in [3.05, 3.63) is 44.8 Å². The first-order valence-electron chi connectivity index (χ1n) is 9.90. The van der Waals surface area contributed by atoms with Gasteiger partial charge in [0.1, 0.15) is 18.3 Å². The van der Waals surface area contributed by atoms with Crippen molar-refractivity contribution in [3.63, 3.8) is 0 Å². The number of hydrogen-bond acceptors (Lipinski definition) is 12. The van der Waals surface area contributed by atoms with Gasteiger partial charge in [0.15, 0.2) is 6.23 Å². The Morgan fingerprint density at radius 3 is 2.36 bits per heavy atom. The minimum atomic E-state index is -5.76. The Morgan fingerprint density at radius 1 is 1.14 bits per heavy atom. The average molecular weight is 581 g/mol. The molecule has 1 saturated heterocycles. The quantitative estimate of drug-likeness (QED) is 0.0752. The number of aromatic nitrogens is 2. The zero-order valence-electron chi connectivity index (χ0n) is 18.6. The van der Waals surface area contributed by atoms with E-state index < -0.39 is 65.9 Å². The molecule has 1 aromatic heterocycles. The van der Waals surface area contributed by atoms with E-state index in [1.54, 1.807) is 0 Å². The van der Waals surface area contributed by atoms with E-state index in [1.165, 1.54) is 0 Å². The Hall–Kier alpha value is -1.33. The lowest BCUT2D eigenvalue weighted by Crippen LogP contribution is -2.39. The van der Waals surface area contributed by atoms with Gasteiger partial charge in [0.25, 0.3) is 5.56 Å². The number of ether oxygens (including phenoxy) is 1. The molecular weight excluding hydrogens is 555 g/mol. The topological polar surface area (TPSA) is 276 Å². The van der Waals surface area contributed by atoms with Crippen LogP contribution in [0.15, 0.2) is 27.9 Å². The molecule has 0 aromatic carbocycles. The van der Waals surface area contributed by atoms with E-state index in [2.05, 4.69) is 25.0 Å². The summed E-state index contributed by atoms with van der Waals surface area (Å²) < 4.78 is 51.5. The van der Waals surface area contributed by atoms with Crippen molar-refractivity contribution in [2.75, 3.05) is 13.2 Å². The SMILES string of the molecule is C=C(C)CCNCc1cn([C@@H]2O[C@H](COP(=O)(O)OP(=O)(O)OP(=O)(O)O)[C@@H](O)[C@H]2O)c(=O)[nH]c1=O. The van der Waals surface area contributed by atoms with E-state index in [1.807, 2.05) is 11.9 Å². The minimum absolute atomic E-state index is 0.0315. The molecule has 18 nitrogen and oxygen atoms in total. The largest absolute Gasteiger partial charge is 0.490 e. The van der Waals surface area contributed by atoms with Gasteiger partial charge < -0.3 is 39.8 Å². The summed E-state index contributed by atoms with van der Waals surface area (Å²) in [5, 5.41) is 23.5. The molecule has 1 fully saturated rings. The molecule has 8 N–H and O–H groups in total. The molecule has 2 rings (SSSR count). The van der Waals surface area contributed by atoms with Crippen molar-refractivity contribution >= 4 is 23.5 Å². The van der Waals surface area contributed by atoms with Gasteiger partial charge in [-0.15, -0.1) is 6.58 Å². The van der Waals surface area contributed by atoms with Gasteiger partial charge in [0.05, 0.1) is 6.61 Å². The number of aromatic amines is 1. The molecular formula is C15H26N3O15P3. The summed E-state index contributed by atoms with van der Waals surface area (Å²) in [6.45, 7) is 5.01. The van der Waals surface area contributed by atoms with Crippen LogP contribution in [-0.4, -0.2) is 70.8 Å². The summed E-state index contributed by atoms with van der Waals surface area (Å²) >= 11 is 0. The molecule has 36 heavy (non-hydrogen) atoms. The number of aliphatic hydroxyl groups is 2. The summed E-state index contributed by atoms with van der Waals surface area (Å²) in [5.41, 5.74) is -0.731. The summed E-state index contributed by atoms with van der Waals surface area (Å²) in [6.07, 6.45) is -5.10. The third kappa shape index (κ3) is 9.20. The van der Waals surface area contributed by atoms with E-state index in [4.69, 9.17) is 19.4 Å². The zero-order chi connectivity index (χ0) is 27.5. The Balaban J connectivity index is 2.10. The second-order valence-corrected chi connectivity index (χ2v) is 12.1. The van der Waals surface area contributed by atoms with E-state index in [0.717, 1.165) is 16.3 Å². The number of nitrogens with zero attached hydrogens (tertiary/aromatic N) is 1. The average Bonchev–Trinajstić information content (AvgIpc) is 2.96. The monoisotopic (exact) mass is 581 g/mol. The smallest absolute Gasteiger partial charge is 0.387 e. The van der Waals surface area contributed by atoms with Crippen LogP contribution in [0.5, 0.6) is 0 Å². The summed E-state index contributed by atoms with van der Waals surface area (Å²) in [4.78, 5) is 62.1. The second-order valence-electron chi connectivity index (χ2n) is 7.64. The molecule has 0 bridgehead atoms. The molecule has 0 aliphatic carbocycles. The Morgan fingerprint density at radius 2 is 1.78 bits per heavy atom. The van der Waals surface area contributed by atoms with Gasteiger partial charge in [-0.05, 0) is 19.9 Å². The molecule has 206 valence electrons. The predicted molar refractivity (Wildman–Crippen MR) is 118 cm³/mol. The van der Waals surface area contributed by atoms with Gasteiger partial charge in [0.2, 0.25) is 0 Å². The van der Waals surface area contributed by atoms with E-state index in [0.29, 0.717) is 13.0 Å². The van der Waals surface area contributed by atoms with Gasteiger partial charge >= 0.3 is 29.2 Å². The van der Waals surface area contributed by atoms with Gasteiger partial charge in [0, 0.05) is 18.3 Å². The van der Waals surface area contributed by atoms with Gasteiger partial charge in [-0.3, -0.25) is 18.9 Å². The van der Waals surface area contributed by atoms with Gasteiger partial charge in [-0.1, -0.05) is 5.57 Å². The maximum atomic E-state index is 12.3. The third-order valence-corrected chi connectivity index (χ3v) is 8.32. The summed E-state index contributed by atoms with van der Waals surface area (Å²) in [6, 6.07) is 0. The molecule has 2 unspecified atom stereocenters. The first-order valence-corrected chi connectivity index (χ1v) is 14.4. The second kappa shape index (κ2) is 12.0. The Bertz CT molecular complexity index is 1210.